The summed E-state index contributed by atoms with van der Waals surface area (Å²) < 4.78 is 5.07. The van der Waals surface area contributed by atoms with Crippen molar-refractivity contribution in [3.8, 4) is 0 Å². The third kappa shape index (κ3) is 5.09. The van der Waals surface area contributed by atoms with E-state index in [4.69, 9.17) is 4.74 Å². The fraction of sp³-hybridized carbons (Fsp3) is 0.700. The van der Waals surface area contributed by atoms with Crippen LogP contribution in [0.15, 0.2) is 11.1 Å². The molecular formula is C10H17BrO2. The van der Waals surface area contributed by atoms with Crippen molar-refractivity contribution in [2.24, 2.45) is 0 Å². The van der Waals surface area contributed by atoms with Gasteiger partial charge in [0.2, 0.25) is 0 Å². The third-order valence-electron chi connectivity index (χ3n) is 1.71. The highest BCUT2D eigenvalue weighted by Gasteiger charge is 2.10. The highest BCUT2D eigenvalue weighted by atomic mass is 79.9. The minimum absolute atomic E-state index is 0.190. The van der Waals surface area contributed by atoms with Crippen molar-refractivity contribution < 1.29 is 9.53 Å². The molecule has 0 rings (SSSR count). The summed E-state index contributed by atoms with van der Waals surface area (Å²) in [5.41, 5.74) is 1.74. The molecule has 0 amide bonds. The van der Waals surface area contributed by atoms with E-state index < -0.39 is 0 Å². The van der Waals surface area contributed by atoms with Gasteiger partial charge in [-0.15, -0.1) is 0 Å². The zero-order valence-electron chi connectivity index (χ0n) is 8.52. The Labute approximate surface area is 88.5 Å². The number of allylic oxidation sites excluding steroid dienone is 1. The van der Waals surface area contributed by atoms with E-state index in [1.165, 1.54) is 0 Å². The largest absolute Gasteiger partial charge is 0.462 e. The van der Waals surface area contributed by atoms with Crippen molar-refractivity contribution >= 4 is 21.9 Å². The monoisotopic (exact) mass is 248 g/mol. The van der Waals surface area contributed by atoms with Gasteiger partial charge in [0.1, 0.15) is 0 Å². The van der Waals surface area contributed by atoms with Crippen LogP contribution in [0.5, 0.6) is 0 Å². The summed E-state index contributed by atoms with van der Waals surface area (Å²) in [6.07, 6.45) is 1.98. The van der Waals surface area contributed by atoms with Gasteiger partial charge in [0.05, 0.1) is 6.61 Å². The van der Waals surface area contributed by atoms with Gasteiger partial charge in [-0.05, 0) is 20.3 Å². The summed E-state index contributed by atoms with van der Waals surface area (Å²) in [4.78, 5) is 11.4. The van der Waals surface area contributed by atoms with Gasteiger partial charge in [0.25, 0.3) is 0 Å². The number of hydrogen-bond acceptors (Lipinski definition) is 2. The van der Waals surface area contributed by atoms with Gasteiger partial charge < -0.3 is 4.74 Å². The van der Waals surface area contributed by atoms with E-state index >= 15 is 0 Å². The van der Waals surface area contributed by atoms with Crippen molar-refractivity contribution in [2.75, 3.05) is 11.9 Å². The number of hydrogen-bond donors (Lipinski definition) is 0. The first-order valence-electron chi connectivity index (χ1n) is 4.52. The molecule has 0 heterocycles. The third-order valence-corrected chi connectivity index (χ3v) is 2.28. The molecule has 76 valence electrons. The summed E-state index contributed by atoms with van der Waals surface area (Å²) in [7, 11) is 0. The number of esters is 1. The maximum Gasteiger partial charge on any atom is 0.334 e. The Hall–Kier alpha value is -0.310. The lowest BCUT2D eigenvalue weighted by Crippen LogP contribution is -2.11. The molecular weight excluding hydrogens is 232 g/mol. The Morgan fingerprint density at radius 1 is 1.38 bits per heavy atom. The van der Waals surface area contributed by atoms with Gasteiger partial charge in [-0.3, -0.25) is 0 Å². The fourth-order valence-corrected chi connectivity index (χ4v) is 1.58. The van der Waals surface area contributed by atoms with Crippen LogP contribution in [0.25, 0.3) is 0 Å². The molecule has 0 unspecified atom stereocenters. The average molecular weight is 249 g/mol. The lowest BCUT2D eigenvalue weighted by molar-refractivity contribution is -0.139. The van der Waals surface area contributed by atoms with E-state index in [9.17, 15) is 4.79 Å². The summed E-state index contributed by atoms with van der Waals surface area (Å²) in [6, 6.07) is 0. The Bertz CT molecular complexity index is 193. The average Bonchev–Trinajstić information content (AvgIpc) is 2.05. The molecule has 0 saturated heterocycles. The quantitative estimate of drug-likeness (QED) is 0.324. The van der Waals surface area contributed by atoms with Crippen LogP contribution in [0.3, 0.4) is 0 Å². The Morgan fingerprint density at radius 2 is 2.00 bits per heavy atom. The van der Waals surface area contributed by atoms with E-state index in [1.54, 1.807) is 0 Å². The van der Waals surface area contributed by atoms with Crippen LogP contribution in [0.1, 0.15) is 33.6 Å². The van der Waals surface area contributed by atoms with Crippen molar-refractivity contribution in [3.63, 3.8) is 0 Å². The van der Waals surface area contributed by atoms with Crippen LogP contribution >= 0.6 is 15.9 Å². The summed E-state index contributed by atoms with van der Waals surface area (Å²) in [5.74, 6) is -0.190. The van der Waals surface area contributed by atoms with Gasteiger partial charge in [-0.25, -0.2) is 4.79 Å². The predicted octanol–water partition coefficient (Wildman–Crippen LogP) is 3.06. The van der Waals surface area contributed by atoms with E-state index in [2.05, 4.69) is 22.9 Å². The van der Waals surface area contributed by atoms with Gasteiger partial charge in [-0.2, -0.15) is 0 Å². The molecule has 0 atom stereocenters. The Balaban J connectivity index is 4.02. The van der Waals surface area contributed by atoms with Gasteiger partial charge in [0.15, 0.2) is 0 Å². The number of halogens is 1. The second-order valence-electron chi connectivity index (χ2n) is 3.10. The molecule has 0 aromatic heterocycles. The van der Waals surface area contributed by atoms with Crippen molar-refractivity contribution in [1.82, 2.24) is 0 Å². The van der Waals surface area contributed by atoms with Crippen molar-refractivity contribution in [2.45, 2.75) is 33.6 Å². The van der Waals surface area contributed by atoms with Crippen LogP contribution in [0.2, 0.25) is 0 Å². The van der Waals surface area contributed by atoms with E-state index in [0.29, 0.717) is 11.9 Å². The molecule has 0 aromatic carbocycles. The first-order chi connectivity index (χ1) is 6.13. The smallest absolute Gasteiger partial charge is 0.334 e. The molecule has 13 heavy (non-hydrogen) atoms. The Kier molecular flexibility index (Phi) is 6.96. The van der Waals surface area contributed by atoms with Gasteiger partial charge in [-0.1, -0.05) is 34.8 Å². The summed E-state index contributed by atoms with van der Waals surface area (Å²) in [5, 5.41) is 0.570. The number of alkyl halides is 1. The van der Waals surface area contributed by atoms with Crippen LogP contribution < -0.4 is 0 Å². The summed E-state index contributed by atoms with van der Waals surface area (Å²) in [6.45, 7) is 6.43. The topological polar surface area (TPSA) is 26.3 Å². The highest BCUT2D eigenvalue weighted by molar-refractivity contribution is 9.09. The van der Waals surface area contributed by atoms with Gasteiger partial charge >= 0.3 is 5.97 Å². The van der Waals surface area contributed by atoms with Gasteiger partial charge in [0, 0.05) is 10.9 Å². The first kappa shape index (κ1) is 12.7. The molecule has 0 aliphatic carbocycles. The lowest BCUT2D eigenvalue weighted by Gasteiger charge is -2.06. The normalized spacial score (nSPS) is 9.54. The maximum atomic E-state index is 11.4. The second kappa shape index (κ2) is 7.13. The number of carbonyl (C=O) groups is 1. The highest BCUT2D eigenvalue weighted by Crippen LogP contribution is 2.09. The minimum Gasteiger partial charge on any atom is -0.462 e. The molecule has 3 heteroatoms. The molecule has 0 spiro atoms. The van der Waals surface area contributed by atoms with Crippen LogP contribution in [-0.2, 0) is 9.53 Å². The predicted molar refractivity (Wildman–Crippen MR) is 58.0 cm³/mol. The maximum absolute atomic E-state index is 11.4. The zero-order valence-corrected chi connectivity index (χ0v) is 10.1. The standard InChI is InChI=1S/C10H17BrO2/c1-4-5-6-13-10(12)9(7-11)8(2)3/h4-7H2,1-3H3. The van der Waals surface area contributed by atoms with E-state index in [1.807, 2.05) is 13.8 Å². The first-order valence-corrected chi connectivity index (χ1v) is 5.65. The summed E-state index contributed by atoms with van der Waals surface area (Å²) >= 11 is 3.27. The fourth-order valence-electron chi connectivity index (χ4n) is 0.789. The molecule has 0 bridgehead atoms. The second-order valence-corrected chi connectivity index (χ2v) is 3.66. The molecule has 0 aliphatic rings. The van der Waals surface area contributed by atoms with Crippen LogP contribution in [-0.4, -0.2) is 17.9 Å². The van der Waals surface area contributed by atoms with Crippen LogP contribution in [0.4, 0.5) is 0 Å². The van der Waals surface area contributed by atoms with E-state index in [-0.39, 0.29) is 5.97 Å². The van der Waals surface area contributed by atoms with E-state index in [0.717, 1.165) is 24.0 Å². The molecule has 0 aromatic rings. The van der Waals surface area contributed by atoms with Crippen molar-refractivity contribution in [1.29, 1.82) is 0 Å². The molecule has 0 aliphatic heterocycles. The molecule has 2 nitrogen and oxygen atoms in total. The molecule has 0 saturated carbocycles. The number of unbranched alkanes of at least 4 members (excludes halogenated alkanes) is 1. The molecule has 0 fully saturated rings. The molecule has 0 radical (unpaired) electrons. The lowest BCUT2D eigenvalue weighted by atomic mass is 10.2. The molecule has 0 N–H and O–H groups in total. The zero-order chi connectivity index (χ0) is 10.3. The minimum atomic E-state index is -0.190. The number of carbonyl (C=O) groups excluding carboxylic acids is 1. The SMILES string of the molecule is CCCCOC(=O)C(CBr)=C(C)C. The number of ether oxygens (including phenoxy) is 1. The van der Waals surface area contributed by atoms with Crippen molar-refractivity contribution in [3.05, 3.63) is 11.1 Å². The number of rotatable bonds is 5. The Morgan fingerprint density at radius 3 is 2.38 bits per heavy atom. The van der Waals surface area contributed by atoms with Crippen LogP contribution in [0, 0.1) is 0 Å².